The van der Waals surface area contributed by atoms with E-state index in [0.717, 1.165) is 0 Å². The number of anilines is 1. The topological polar surface area (TPSA) is 85.4 Å². The van der Waals surface area contributed by atoms with Gasteiger partial charge in [-0.05, 0) is 6.07 Å². The summed E-state index contributed by atoms with van der Waals surface area (Å²) in [6.07, 6.45) is 1.47. The zero-order valence-corrected chi connectivity index (χ0v) is 8.66. The van der Waals surface area contributed by atoms with Crippen LogP contribution in [0.25, 0.3) is 0 Å². The predicted octanol–water partition coefficient (Wildman–Crippen LogP) is 0.853. The van der Waals surface area contributed by atoms with Crippen LogP contribution in [0.3, 0.4) is 0 Å². The molecule has 0 bridgehead atoms. The smallest absolute Gasteiger partial charge is 0.338 e. The van der Waals surface area contributed by atoms with Crippen LogP contribution in [0.5, 0.6) is 0 Å². The molecule has 1 aliphatic heterocycles. The van der Waals surface area contributed by atoms with Crippen LogP contribution in [0.2, 0.25) is 0 Å². The second kappa shape index (κ2) is 4.08. The highest BCUT2D eigenvalue weighted by Crippen LogP contribution is 2.29. The lowest BCUT2D eigenvalue weighted by Gasteiger charge is -2.25. The van der Waals surface area contributed by atoms with Crippen molar-refractivity contribution >= 4 is 23.4 Å². The molecule has 1 saturated heterocycles. The first kappa shape index (κ1) is 10.3. The number of carboxylic acid groups (broad SMARTS) is 1. The summed E-state index contributed by atoms with van der Waals surface area (Å²) in [6.45, 7) is 1.30. The van der Waals surface area contributed by atoms with Crippen LogP contribution >= 0.6 is 11.8 Å². The fraction of sp³-hybridized carbons (Fsp3) is 0.333. The van der Waals surface area contributed by atoms with Gasteiger partial charge in [0.2, 0.25) is 0 Å². The van der Waals surface area contributed by atoms with Crippen molar-refractivity contribution in [1.29, 1.82) is 0 Å². The number of rotatable bonds is 3. The standard InChI is InChI=1S/C9H10N2O3S/c10-5-1-7(9(12)13)8(11-2-5)15-6-3-14-4-6/h1-2,6H,3-4,10H2,(H,12,13). The highest BCUT2D eigenvalue weighted by molar-refractivity contribution is 8.00. The van der Waals surface area contributed by atoms with Crippen molar-refractivity contribution in [3.8, 4) is 0 Å². The number of aromatic carboxylic acids is 1. The molecule has 5 nitrogen and oxygen atoms in total. The molecule has 2 heterocycles. The van der Waals surface area contributed by atoms with E-state index < -0.39 is 5.97 Å². The Balaban J connectivity index is 2.23. The van der Waals surface area contributed by atoms with E-state index >= 15 is 0 Å². The first-order chi connectivity index (χ1) is 7.16. The van der Waals surface area contributed by atoms with E-state index in [1.54, 1.807) is 0 Å². The number of pyridine rings is 1. The lowest BCUT2D eigenvalue weighted by molar-refractivity contribution is 0.0454. The minimum Gasteiger partial charge on any atom is -0.478 e. The minimum absolute atomic E-state index is 0.159. The lowest BCUT2D eigenvalue weighted by atomic mass is 10.3. The number of hydrogen-bond donors (Lipinski definition) is 2. The number of thioether (sulfide) groups is 1. The first-order valence-corrected chi connectivity index (χ1v) is 5.28. The molecule has 80 valence electrons. The molecule has 2 rings (SSSR count). The molecule has 1 fully saturated rings. The van der Waals surface area contributed by atoms with Gasteiger partial charge in [-0.3, -0.25) is 0 Å². The fourth-order valence-corrected chi connectivity index (χ4v) is 2.19. The molecule has 0 aliphatic carbocycles. The van der Waals surface area contributed by atoms with Gasteiger partial charge in [-0.1, -0.05) is 11.8 Å². The fourth-order valence-electron chi connectivity index (χ4n) is 1.16. The van der Waals surface area contributed by atoms with Gasteiger partial charge in [0, 0.05) is 0 Å². The van der Waals surface area contributed by atoms with E-state index in [2.05, 4.69) is 4.98 Å². The van der Waals surface area contributed by atoms with E-state index in [9.17, 15) is 4.79 Å². The summed E-state index contributed by atoms with van der Waals surface area (Å²) in [5.74, 6) is -1.00. The molecule has 6 heteroatoms. The van der Waals surface area contributed by atoms with Crippen molar-refractivity contribution < 1.29 is 14.6 Å². The van der Waals surface area contributed by atoms with E-state index in [1.807, 2.05) is 0 Å². The monoisotopic (exact) mass is 226 g/mol. The quantitative estimate of drug-likeness (QED) is 0.794. The van der Waals surface area contributed by atoms with Gasteiger partial charge in [-0.25, -0.2) is 9.78 Å². The largest absolute Gasteiger partial charge is 0.478 e. The average molecular weight is 226 g/mol. The molecule has 0 atom stereocenters. The zero-order chi connectivity index (χ0) is 10.8. The van der Waals surface area contributed by atoms with E-state index in [-0.39, 0.29) is 5.56 Å². The summed E-state index contributed by atoms with van der Waals surface area (Å²) in [6, 6.07) is 1.43. The van der Waals surface area contributed by atoms with Crippen molar-refractivity contribution in [2.75, 3.05) is 18.9 Å². The van der Waals surface area contributed by atoms with Crippen LogP contribution in [-0.4, -0.2) is 34.5 Å². The van der Waals surface area contributed by atoms with Crippen molar-refractivity contribution in [3.63, 3.8) is 0 Å². The van der Waals surface area contributed by atoms with Gasteiger partial charge in [0.15, 0.2) is 0 Å². The molecular formula is C9H10N2O3S. The molecule has 0 radical (unpaired) electrons. The Morgan fingerprint density at radius 3 is 2.93 bits per heavy atom. The van der Waals surface area contributed by atoms with E-state index in [0.29, 0.717) is 29.2 Å². The third kappa shape index (κ3) is 2.21. The number of nitrogen functional groups attached to an aromatic ring is 1. The normalized spacial score (nSPS) is 16.0. The number of nitrogens with two attached hydrogens (primary N) is 1. The predicted molar refractivity (Wildman–Crippen MR) is 56.1 cm³/mol. The summed E-state index contributed by atoms with van der Waals surface area (Å²) >= 11 is 1.42. The summed E-state index contributed by atoms with van der Waals surface area (Å²) in [7, 11) is 0. The van der Waals surface area contributed by atoms with Gasteiger partial charge < -0.3 is 15.6 Å². The minimum atomic E-state index is -1.00. The van der Waals surface area contributed by atoms with Gasteiger partial charge in [-0.15, -0.1) is 0 Å². The number of carboxylic acids is 1. The molecule has 1 aromatic heterocycles. The Labute approximate surface area is 90.6 Å². The molecular weight excluding hydrogens is 216 g/mol. The van der Waals surface area contributed by atoms with Crippen LogP contribution < -0.4 is 5.73 Å². The Kier molecular flexibility index (Phi) is 2.79. The average Bonchev–Trinajstić information content (AvgIpc) is 2.12. The maximum atomic E-state index is 10.9. The third-order valence-electron chi connectivity index (χ3n) is 1.99. The molecule has 0 spiro atoms. The Bertz CT molecular complexity index is 393. The molecule has 1 aromatic rings. The van der Waals surface area contributed by atoms with E-state index in [4.69, 9.17) is 15.6 Å². The zero-order valence-electron chi connectivity index (χ0n) is 7.84. The molecule has 0 saturated carbocycles. The summed E-state index contributed by atoms with van der Waals surface area (Å²) < 4.78 is 5.01. The maximum absolute atomic E-state index is 10.9. The van der Waals surface area contributed by atoms with E-state index in [1.165, 1.54) is 24.0 Å². The van der Waals surface area contributed by atoms with Gasteiger partial charge in [0.1, 0.15) is 5.03 Å². The Hall–Kier alpha value is -1.27. The summed E-state index contributed by atoms with van der Waals surface area (Å²) in [5.41, 5.74) is 6.00. The van der Waals surface area contributed by atoms with Crippen LogP contribution in [0, 0.1) is 0 Å². The third-order valence-corrected chi connectivity index (χ3v) is 3.14. The second-order valence-electron chi connectivity index (χ2n) is 3.20. The molecule has 0 aromatic carbocycles. The number of hydrogen-bond acceptors (Lipinski definition) is 5. The van der Waals surface area contributed by atoms with Gasteiger partial charge in [0.05, 0.1) is 35.9 Å². The number of aromatic nitrogens is 1. The molecule has 0 amide bonds. The van der Waals surface area contributed by atoms with Crippen molar-refractivity contribution in [1.82, 2.24) is 4.98 Å². The van der Waals surface area contributed by atoms with Crippen LogP contribution in [0.1, 0.15) is 10.4 Å². The van der Waals surface area contributed by atoms with Crippen molar-refractivity contribution in [2.45, 2.75) is 10.3 Å². The maximum Gasteiger partial charge on any atom is 0.338 e. The Morgan fingerprint density at radius 1 is 1.67 bits per heavy atom. The van der Waals surface area contributed by atoms with Crippen molar-refractivity contribution in [3.05, 3.63) is 17.8 Å². The number of nitrogens with zero attached hydrogens (tertiary/aromatic N) is 1. The highest BCUT2D eigenvalue weighted by atomic mass is 32.2. The van der Waals surface area contributed by atoms with Crippen molar-refractivity contribution in [2.24, 2.45) is 0 Å². The van der Waals surface area contributed by atoms with Gasteiger partial charge >= 0.3 is 5.97 Å². The molecule has 1 aliphatic rings. The Morgan fingerprint density at radius 2 is 2.40 bits per heavy atom. The molecule has 3 N–H and O–H groups in total. The van der Waals surface area contributed by atoms with Crippen LogP contribution in [-0.2, 0) is 4.74 Å². The number of carbonyl (C=O) groups is 1. The van der Waals surface area contributed by atoms with Gasteiger partial charge in [0.25, 0.3) is 0 Å². The summed E-state index contributed by atoms with van der Waals surface area (Å²) in [5, 5.41) is 9.76. The van der Waals surface area contributed by atoms with Crippen LogP contribution in [0.4, 0.5) is 5.69 Å². The first-order valence-electron chi connectivity index (χ1n) is 4.40. The SMILES string of the molecule is Nc1cnc(SC2COC2)c(C(=O)O)c1. The number of ether oxygens (including phenoxy) is 1. The van der Waals surface area contributed by atoms with Gasteiger partial charge in [-0.2, -0.15) is 0 Å². The van der Waals surface area contributed by atoms with Crippen LogP contribution in [0.15, 0.2) is 17.3 Å². The molecule has 0 unspecified atom stereocenters. The summed E-state index contributed by atoms with van der Waals surface area (Å²) in [4.78, 5) is 14.9. The second-order valence-corrected chi connectivity index (χ2v) is 4.49. The molecule has 15 heavy (non-hydrogen) atoms. The highest BCUT2D eigenvalue weighted by Gasteiger charge is 2.23. The lowest BCUT2D eigenvalue weighted by Crippen LogP contribution is -2.30.